The minimum Gasteiger partial charge on any atom is -0.461 e. The maximum Gasteiger partial charge on any atom is 0.230 e. The molecule has 0 unspecified atom stereocenters. The van der Waals surface area contributed by atoms with Crippen molar-refractivity contribution in [2.24, 2.45) is 0 Å². The Bertz CT molecular complexity index is 936. The van der Waals surface area contributed by atoms with Crippen LogP contribution in [0.4, 0.5) is 5.88 Å². The zero-order valence-electron chi connectivity index (χ0n) is 11.4. The molecule has 5 nitrogen and oxygen atoms in total. The van der Waals surface area contributed by atoms with E-state index in [1.807, 2.05) is 26.0 Å². The second-order valence-electron chi connectivity index (χ2n) is 4.99. The van der Waals surface area contributed by atoms with Gasteiger partial charge in [0, 0.05) is 16.3 Å². The molecule has 21 heavy (non-hydrogen) atoms. The third kappa shape index (κ3) is 1.65. The van der Waals surface area contributed by atoms with Gasteiger partial charge in [-0.25, -0.2) is 0 Å². The highest BCUT2D eigenvalue weighted by Gasteiger charge is 2.23. The van der Waals surface area contributed by atoms with E-state index in [4.69, 9.17) is 19.1 Å². The molecule has 3 aromatic heterocycles. The molecular weight excluding hydrogens is 336 g/mol. The monoisotopic (exact) mass is 346 g/mol. The average molecular weight is 347 g/mol. The van der Waals surface area contributed by atoms with E-state index in [0.29, 0.717) is 5.56 Å². The van der Waals surface area contributed by atoms with E-state index in [2.05, 4.69) is 21.1 Å². The maximum atomic E-state index is 5.89. The number of aryl methyl sites for hydroxylation is 2. The van der Waals surface area contributed by atoms with Gasteiger partial charge in [0.25, 0.3) is 0 Å². The lowest BCUT2D eigenvalue weighted by molar-refractivity contribution is 0.436. The Labute approximate surface area is 127 Å². The van der Waals surface area contributed by atoms with Crippen LogP contribution in [0.5, 0.6) is 0 Å². The number of anilines is 1. The molecule has 0 amide bonds. The number of fused-ring (bicyclic) bond motifs is 2. The van der Waals surface area contributed by atoms with Gasteiger partial charge in [0.15, 0.2) is 0 Å². The van der Waals surface area contributed by atoms with E-state index < -0.39 is 0 Å². The Morgan fingerprint density at radius 1 is 1.05 bits per heavy atom. The van der Waals surface area contributed by atoms with Gasteiger partial charge in [-0.2, -0.15) is 0 Å². The third-order valence-electron chi connectivity index (χ3n) is 3.51. The highest BCUT2D eigenvalue weighted by molar-refractivity contribution is 9.10. The first-order valence-corrected chi connectivity index (χ1v) is 7.18. The van der Waals surface area contributed by atoms with Crippen LogP contribution in [0.15, 0.2) is 36.2 Å². The number of nitrogens with two attached hydrogens (primary N) is 1. The second kappa shape index (κ2) is 4.14. The SMILES string of the molecule is Cc1cc2c(-c3cnoc3N)c3oc(C)cc3c(Br)c2o1. The van der Waals surface area contributed by atoms with Crippen molar-refractivity contribution in [1.29, 1.82) is 0 Å². The number of nitrogen functional groups attached to an aromatic ring is 1. The minimum absolute atomic E-state index is 0.257. The number of hydrogen-bond donors (Lipinski definition) is 1. The summed E-state index contributed by atoms with van der Waals surface area (Å²) >= 11 is 3.60. The Morgan fingerprint density at radius 2 is 1.71 bits per heavy atom. The standard InChI is InChI=1S/C15H11BrN2O3/c1-6-3-8-11(10-5-18-21-15(10)17)13-9(4-7(2)19-13)12(16)14(8)20-6/h3-5H,17H2,1-2H3. The lowest BCUT2D eigenvalue weighted by Gasteiger charge is -2.04. The summed E-state index contributed by atoms with van der Waals surface area (Å²) in [4.78, 5) is 0. The van der Waals surface area contributed by atoms with Gasteiger partial charge in [-0.05, 0) is 41.9 Å². The van der Waals surface area contributed by atoms with Crippen molar-refractivity contribution in [2.45, 2.75) is 13.8 Å². The molecule has 4 aromatic rings. The molecule has 0 fully saturated rings. The van der Waals surface area contributed by atoms with Crippen LogP contribution in [-0.4, -0.2) is 5.16 Å². The molecule has 0 aliphatic heterocycles. The molecular formula is C15H11BrN2O3. The van der Waals surface area contributed by atoms with Crippen LogP contribution in [0.2, 0.25) is 0 Å². The number of halogens is 1. The molecule has 4 rings (SSSR count). The van der Waals surface area contributed by atoms with Crippen molar-refractivity contribution in [2.75, 3.05) is 5.73 Å². The molecule has 0 radical (unpaired) electrons. The highest BCUT2D eigenvalue weighted by atomic mass is 79.9. The normalized spacial score (nSPS) is 11.8. The molecule has 0 saturated carbocycles. The maximum absolute atomic E-state index is 5.89. The van der Waals surface area contributed by atoms with Crippen molar-refractivity contribution in [3.63, 3.8) is 0 Å². The van der Waals surface area contributed by atoms with E-state index in [9.17, 15) is 0 Å². The van der Waals surface area contributed by atoms with E-state index in [-0.39, 0.29) is 5.88 Å². The van der Waals surface area contributed by atoms with Crippen molar-refractivity contribution in [3.8, 4) is 11.1 Å². The fraction of sp³-hybridized carbons (Fsp3) is 0.133. The molecule has 2 N–H and O–H groups in total. The third-order valence-corrected chi connectivity index (χ3v) is 4.30. The summed E-state index contributed by atoms with van der Waals surface area (Å²) < 4.78 is 17.6. The van der Waals surface area contributed by atoms with Gasteiger partial charge in [-0.1, -0.05) is 5.16 Å². The Kier molecular flexibility index (Phi) is 2.47. The zero-order chi connectivity index (χ0) is 14.7. The van der Waals surface area contributed by atoms with Gasteiger partial charge < -0.3 is 19.1 Å². The zero-order valence-corrected chi connectivity index (χ0v) is 12.9. The van der Waals surface area contributed by atoms with Crippen molar-refractivity contribution in [1.82, 2.24) is 5.16 Å². The molecule has 0 atom stereocenters. The van der Waals surface area contributed by atoms with Crippen molar-refractivity contribution >= 4 is 43.8 Å². The number of nitrogens with zero attached hydrogens (tertiary/aromatic N) is 1. The number of furan rings is 2. The first-order valence-electron chi connectivity index (χ1n) is 6.38. The Balaban J connectivity index is 2.29. The smallest absolute Gasteiger partial charge is 0.230 e. The van der Waals surface area contributed by atoms with E-state index in [1.165, 1.54) is 0 Å². The lowest BCUT2D eigenvalue weighted by atomic mass is 10.0. The van der Waals surface area contributed by atoms with E-state index in [0.717, 1.165) is 43.5 Å². The van der Waals surface area contributed by atoms with Gasteiger partial charge in [0.05, 0.1) is 16.2 Å². The molecule has 0 bridgehead atoms. The topological polar surface area (TPSA) is 78.3 Å². The van der Waals surface area contributed by atoms with Crippen molar-refractivity contribution < 1.29 is 13.4 Å². The molecule has 0 aliphatic rings. The summed E-state index contributed by atoms with van der Waals surface area (Å²) in [6, 6.07) is 3.92. The Hall–Kier alpha value is -2.21. The van der Waals surface area contributed by atoms with Crippen LogP contribution in [0, 0.1) is 13.8 Å². The van der Waals surface area contributed by atoms with Crippen LogP contribution in [0.1, 0.15) is 11.5 Å². The van der Waals surface area contributed by atoms with Crippen LogP contribution in [-0.2, 0) is 0 Å². The number of aromatic nitrogens is 1. The van der Waals surface area contributed by atoms with Gasteiger partial charge >= 0.3 is 0 Å². The molecule has 0 spiro atoms. The first kappa shape index (κ1) is 12.5. The summed E-state index contributed by atoms with van der Waals surface area (Å²) in [5.41, 5.74) is 8.93. The van der Waals surface area contributed by atoms with Gasteiger partial charge in [0.2, 0.25) is 5.88 Å². The summed E-state index contributed by atoms with van der Waals surface area (Å²) in [6.45, 7) is 3.81. The molecule has 1 aromatic carbocycles. The van der Waals surface area contributed by atoms with Crippen LogP contribution in [0.25, 0.3) is 33.1 Å². The van der Waals surface area contributed by atoms with Gasteiger partial charge in [-0.15, -0.1) is 0 Å². The number of hydrogen-bond acceptors (Lipinski definition) is 5. The van der Waals surface area contributed by atoms with Crippen molar-refractivity contribution in [3.05, 3.63) is 34.3 Å². The van der Waals surface area contributed by atoms with Gasteiger partial charge in [-0.3, -0.25) is 0 Å². The summed E-state index contributed by atoms with van der Waals surface area (Å²) in [5, 5.41) is 5.61. The van der Waals surface area contributed by atoms with Gasteiger partial charge in [0.1, 0.15) is 22.7 Å². The van der Waals surface area contributed by atoms with Crippen LogP contribution < -0.4 is 5.73 Å². The highest BCUT2D eigenvalue weighted by Crippen LogP contribution is 2.45. The minimum atomic E-state index is 0.257. The fourth-order valence-electron chi connectivity index (χ4n) is 2.67. The molecule has 0 aliphatic carbocycles. The van der Waals surface area contributed by atoms with E-state index >= 15 is 0 Å². The quantitative estimate of drug-likeness (QED) is 0.535. The fourth-order valence-corrected chi connectivity index (χ4v) is 3.26. The molecule has 106 valence electrons. The number of rotatable bonds is 1. The second-order valence-corrected chi connectivity index (χ2v) is 5.79. The first-order chi connectivity index (χ1) is 10.1. The summed E-state index contributed by atoms with van der Waals surface area (Å²) in [5.74, 6) is 1.88. The number of benzene rings is 1. The molecule has 6 heteroatoms. The Morgan fingerprint density at radius 3 is 2.38 bits per heavy atom. The largest absolute Gasteiger partial charge is 0.461 e. The van der Waals surface area contributed by atoms with E-state index in [1.54, 1.807) is 6.20 Å². The van der Waals surface area contributed by atoms with Crippen LogP contribution in [0.3, 0.4) is 0 Å². The average Bonchev–Trinajstić information content (AvgIpc) is 3.10. The molecule has 3 heterocycles. The van der Waals surface area contributed by atoms with Crippen LogP contribution >= 0.6 is 15.9 Å². The molecule has 0 saturated heterocycles. The lowest BCUT2D eigenvalue weighted by Crippen LogP contribution is -1.87. The predicted molar refractivity (Wildman–Crippen MR) is 83.1 cm³/mol. The summed E-state index contributed by atoms with van der Waals surface area (Å²) in [7, 11) is 0. The predicted octanol–water partition coefficient (Wildman–Crippen LogP) is 4.80. The summed E-state index contributed by atoms with van der Waals surface area (Å²) in [6.07, 6.45) is 1.59.